The summed E-state index contributed by atoms with van der Waals surface area (Å²) in [7, 11) is 0. The minimum atomic E-state index is -0.562. The van der Waals surface area contributed by atoms with Crippen molar-refractivity contribution >= 4 is 0 Å². The molecule has 3 saturated carbocycles. The highest BCUT2D eigenvalue weighted by atomic mass is 16.3. The van der Waals surface area contributed by atoms with E-state index in [4.69, 9.17) is 0 Å². The van der Waals surface area contributed by atoms with E-state index in [1.54, 1.807) is 22.8 Å². The molecule has 0 radical (unpaired) electrons. The monoisotopic (exact) mass is 499 g/mol. The van der Waals surface area contributed by atoms with Crippen LogP contribution < -0.4 is 0 Å². The third kappa shape index (κ3) is 6.49. The molecular formula is C30H49N3O3. The Kier molecular flexibility index (Phi) is 8.79. The van der Waals surface area contributed by atoms with Crippen LogP contribution in [-0.2, 0) is 6.54 Å². The van der Waals surface area contributed by atoms with Gasteiger partial charge in [0.1, 0.15) is 0 Å². The van der Waals surface area contributed by atoms with Gasteiger partial charge in [-0.05, 0) is 94.8 Å². The summed E-state index contributed by atoms with van der Waals surface area (Å²) in [6.45, 7) is 9.43. The van der Waals surface area contributed by atoms with Crippen molar-refractivity contribution in [1.82, 2.24) is 15.0 Å². The van der Waals surface area contributed by atoms with Gasteiger partial charge in [-0.3, -0.25) is 0 Å². The highest BCUT2D eigenvalue weighted by Crippen LogP contribution is 2.60. The summed E-state index contributed by atoms with van der Waals surface area (Å²) in [5, 5.41) is 40.0. The van der Waals surface area contributed by atoms with Crippen molar-refractivity contribution in [3.63, 3.8) is 0 Å². The molecule has 0 unspecified atom stereocenters. The number of aromatic nitrogens is 3. The van der Waals surface area contributed by atoms with Gasteiger partial charge in [0.05, 0.1) is 36.7 Å². The molecule has 1 aromatic rings. The predicted octanol–water partition coefficient (Wildman–Crippen LogP) is 5.45. The Morgan fingerprint density at radius 2 is 1.83 bits per heavy atom. The smallest absolute Gasteiger partial charge is 0.0693 e. The van der Waals surface area contributed by atoms with Gasteiger partial charge in [-0.1, -0.05) is 50.0 Å². The molecule has 0 saturated heterocycles. The number of aryl methyl sites for hydroxylation is 1. The number of nitrogens with zero attached hydrogens (tertiary/aromatic N) is 3. The highest BCUT2D eigenvalue weighted by Gasteiger charge is 2.50. The summed E-state index contributed by atoms with van der Waals surface area (Å²) in [6.07, 6.45) is 18.3. The van der Waals surface area contributed by atoms with E-state index in [1.165, 1.54) is 38.5 Å². The van der Waals surface area contributed by atoms with E-state index < -0.39 is 17.8 Å². The number of hydrogen-bond acceptors (Lipinski definition) is 5. The average molecular weight is 500 g/mol. The van der Waals surface area contributed by atoms with Crippen LogP contribution in [-0.4, -0.2) is 48.1 Å². The number of allylic oxidation sites excluding steroid dienone is 3. The second-order valence-electron chi connectivity index (χ2n) is 13.0. The molecule has 3 fully saturated rings. The van der Waals surface area contributed by atoms with Gasteiger partial charge in [-0.25, -0.2) is 0 Å². The molecule has 0 bridgehead atoms. The molecule has 36 heavy (non-hydrogen) atoms. The largest absolute Gasteiger partial charge is 0.392 e. The van der Waals surface area contributed by atoms with Crippen LogP contribution in [0.2, 0.25) is 0 Å². The number of rotatable bonds is 9. The number of hydrogen-bond donors (Lipinski definition) is 3. The van der Waals surface area contributed by atoms with Crippen molar-refractivity contribution < 1.29 is 15.3 Å². The van der Waals surface area contributed by atoms with Crippen molar-refractivity contribution in [2.45, 2.75) is 123 Å². The van der Waals surface area contributed by atoms with E-state index in [0.717, 1.165) is 24.3 Å². The molecule has 6 atom stereocenters. The lowest BCUT2D eigenvalue weighted by atomic mass is 9.60. The first kappa shape index (κ1) is 27.5. The average Bonchev–Trinajstić information content (AvgIpc) is 3.43. The Morgan fingerprint density at radius 3 is 2.50 bits per heavy atom. The molecule has 0 aromatic carbocycles. The molecule has 202 valence electrons. The summed E-state index contributed by atoms with van der Waals surface area (Å²) < 4.78 is 0. The number of aliphatic hydroxyl groups is 3. The molecule has 3 N–H and O–H groups in total. The minimum Gasteiger partial charge on any atom is -0.392 e. The van der Waals surface area contributed by atoms with Crippen LogP contribution in [0.5, 0.6) is 0 Å². The first-order chi connectivity index (χ1) is 17.1. The van der Waals surface area contributed by atoms with Crippen LogP contribution in [0.4, 0.5) is 0 Å². The highest BCUT2D eigenvalue weighted by molar-refractivity contribution is 5.26. The SMILES string of the molecule is C[C@H](CCCC(C)(C)O)[C@H]1CC[C@H]2/C(=C/C=C3C[C@@H](O)C(CCn4nccn4)[C@H](O)C3)CCC[C@]12C. The Labute approximate surface area is 217 Å². The van der Waals surface area contributed by atoms with Gasteiger partial charge in [-0.2, -0.15) is 15.0 Å². The van der Waals surface area contributed by atoms with Gasteiger partial charge in [0.25, 0.3) is 0 Å². The predicted molar refractivity (Wildman–Crippen MR) is 143 cm³/mol. The van der Waals surface area contributed by atoms with Crippen LogP contribution in [0.25, 0.3) is 0 Å². The maximum atomic E-state index is 10.8. The van der Waals surface area contributed by atoms with E-state index in [1.807, 2.05) is 13.8 Å². The normalized spacial score (nSPS) is 35.1. The van der Waals surface area contributed by atoms with Crippen molar-refractivity contribution in [3.8, 4) is 0 Å². The number of aliphatic hydroxyl groups excluding tert-OH is 2. The fourth-order valence-electron chi connectivity index (χ4n) is 7.82. The van der Waals surface area contributed by atoms with Gasteiger partial charge >= 0.3 is 0 Å². The quantitative estimate of drug-likeness (QED) is 0.420. The van der Waals surface area contributed by atoms with Gasteiger partial charge in [0.15, 0.2) is 0 Å². The molecule has 3 aliphatic carbocycles. The maximum absolute atomic E-state index is 10.8. The van der Waals surface area contributed by atoms with Crippen LogP contribution in [0, 0.1) is 29.1 Å². The molecule has 0 aliphatic heterocycles. The molecule has 1 heterocycles. The molecule has 0 spiro atoms. The van der Waals surface area contributed by atoms with E-state index in [2.05, 4.69) is 36.2 Å². The number of fused-ring (bicyclic) bond motifs is 1. The molecule has 6 nitrogen and oxygen atoms in total. The van der Waals surface area contributed by atoms with Crippen molar-refractivity contribution in [3.05, 3.63) is 35.7 Å². The molecular weight excluding hydrogens is 450 g/mol. The first-order valence-electron chi connectivity index (χ1n) is 14.4. The molecule has 3 aliphatic rings. The second kappa shape index (κ2) is 11.5. The zero-order chi connectivity index (χ0) is 25.9. The molecule has 4 rings (SSSR count). The van der Waals surface area contributed by atoms with Crippen LogP contribution >= 0.6 is 0 Å². The van der Waals surface area contributed by atoms with Crippen LogP contribution in [0.1, 0.15) is 98.3 Å². The Balaban J connectivity index is 1.36. The van der Waals surface area contributed by atoms with Gasteiger partial charge in [0.2, 0.25) is 0 Å². The van der Waals surface area contributed by atoms with Gasteiger partial charge in [0, 0.05) is 5.92 Å². The van der Waals surface area contributed by atoms with Gasteiger partial charge < -0.3 is 15.3 Å². The first-order valence-corrected chi connectivity index (χ1v) is 14.4. The fourth-order valence-corrected chi connectivity index (χ4v) is 7.82. The maximum Gasteiger partial charge on any atom is 0.0693 e. The minimum absolute atomic E-state index is 0.132. The zero-order valence-electron chi connectivity index (χ0n) is 22.9. The fraction of sp³-hybridized carbons (Fsp3) is 0.800. The van der Waals surface area contributed by atoms with Crippen molar-refractivity contribution in [2.24, 2.45) is 29.1 Å². The van der Waals surface area contributed by atoms with E-state index in [-0.39, 0.29) is 5.92 Å². The third-order valence-electron chi connectivity index (χ3n) is 9.77. The summed E-state index contributed by atoms with van der Waals surface area (Å²) in [6, 6.07) is 0. The zero-order valence-corrected chi connectivity index (χ0v) is 22.9. The van der Waals surface area contributed by atoms with Crippen molar-refractivity contribution in [2.75, 3.05) is 0 Å². The van der Waals surface area contributed by atoms with Gasteiger partial charge in [-0.15, -0.1) is 0 Å². The second-order valence-corrected chi connectivity index (χ2v) is 13.0. The Bertz CT molecular complexity index is 889. The van der Waals surface area contributed by atoms with Crippen LogP contribution in [0.15, 0.2) is 35.7 Å². The summed E-state index contributed by atoms with van der Waals surface area (Å²) in [5.41, 5.74) is 2.55. The standard InChI is InChI=1S/C30H49N3O3/c1-21(7-5-14-29(2,3)36)25-11-12-26-23(8-6-15-30(25,26)4)10-9-22-19-27(34)24(28(35)20-22)13-18-33-31-16-17-32-33/h9-10,16-17,21,24-28,34-36H,5-8,11-15,18-20H2,1-4H3/b22-9?,23-10+/t21-,24?,25-,26+,27-,28-,30-/m1/s1. The van der Waals surface area contributed by atoms with E-state index in [9.17, 15) is 15.3 Å². The van der Waals surface area contributed by atoms with Crippen LogP contribution in [0.3, 0.4) is 0 Å². The lowest BCUT2D eigenvalue weighted by Gasteiger charge is -2.44. The topological polar surface area (TPSA) is 91.4 Å². The Hall–Kier alpha value is -1.50. The molecule has 1 aromatic heterocycles. The molecule has 0 amide bonds. The summed E-state index contributed by atoms with van der Waals surface area (Å²) in [5.74, 6) is 1.96. The third-order valence-corrected chi connectivity index (χ3v) is 9.77. The van der Waals surface area contributed by atoms with E-state index >= 15 is 0 Å². The summed E-state index contributed by atoms with van der Waals surface area (Å²) in [4.78, 5) is 1.62. The van der Waals surface area contributed by atoms with Crippen molar-refractivity contribution in [1.29, 1.82) is 0 Å². The lowest BCUT2D eigenvalue weighted by molar-refractivity contribution is -0.0121. The van der Waals surface area contributed by atoms with E-state index in [0.29, 0.717) is 43.1 Å². The summed E-state index contributed by atoms with van der Waals surface area (Å²) >= 11 is 0. The Morgan fingerprint density at radius 1 is 1.14 bits per heavy atom. The molecule has 6 heteroatoms. The lowest BCUT2D eigenvalue weighted by Crippen LogP contribution is -2.38.